The van der Waals surface area contributed by atoms with E-state index in [1.807, 2.05) is 0 Å². The maximum absolute atomic E-state index is 6.75. The van der Waals surface area contributed by atoms with E-state index in [0.29, 0.717) is 0 Å². The second-order valence-electron chi connectivity index (χ2n) is 17.0. The minimum absolute atomic E-state index is 0.00968. The number of hydrogen-bond acceptors (Lipinski definition) is 1. The van der Waals surface area contributed by atoms with Gasteiger partial charge in [-0.3, -0.25) is 0 Å². The molecule has 0 spiro atoms. The summed E-state index contributed by atoms with van der Waals surface area (Å²) in [6.45, 7) is 0.00968. The van der Waals surface area contributed by atoms with Crippen molar-refractivity contribution in [2.45, 2.75) is 0 Å². The summed E-state index contributed by atoms with van der Waals surface area (Å²) >= 11 is 0. The summed E-state index contributed by atoms with van der Waals surface area (Å²) in [5.74, 6) is 0. The van der Waals surface area contributed by atoms with Gasteiger partial charge < -0.3 is 13.6 Å². The van der Waals surface area contributed by atoms with Crippen LogP contribution in [0.5, 0.6) is 0 Å². The van der Waals surface area contributed by atoms with Crippen LogP contribution < -0.4 is 16.4 Å². The van der Waals surface area contributed by atoms with Gasteiger partial charge in [-0.25, -0.2) is 0 Å². The average Bonchev–Trinajstić information content (AvgIpc) is 3.97. The van der Waals surface area contributed by atoms with Gasteiger partial charge in [-0.1, -0.05) is 140 Å². The van der Waals surface area contributed by atoms with Crippen LogP contribution in [0.25, 0.3) is 131 Å². The van der Waals surface area contributed by atoms with Crippen molar-refractivity contribution >= 4 is 143 Å². The smallest absolute Gasteiger partial charge is 0.252 e. The molecule has 3 nitrogen and oxygen atoms in total. The summed E-state index contributed by atoms with van der Waals surface area (Å²) < 4.78 is 11.9. The molecule has 0 N–H and O–H groups in total. The zero-order chi connectivity index (χ0) is 38.5. The van der Waals surface area contributed by atoms with Crippen LogP contribution in [-0.4, -0.2) is 15.8 Å². The molecule has 5 heterocycles. The van der Waals surface area contributed by atoms with Crippen LogP contribution in [0.15, 0.2) is 180 Å². The van der Waals surface area contributed by atoms with Gasteiger partial charge in [0.15, 0.2) is 5.58 Å². The largest absolute Gasteiger partial charge is 0.454 e. The highest BCUT2D eigenvalue weighted by molar-refractivity contribution is 7.00. The lowest BCUT2D eigenvalue weighted by Gasteiger charge is -2.33. The van der Waals surface area contributed by atoms with Gasteiger partial charge in [0.2, 0.25) is 0 Å². The van der Waals surface area contributed by atoms with Crippen molar-refractivity contribution in [3.8, 4) is 11.4 Å². The average molecular weight is 757 g/mol. The SMILES string of the molecule is c1cc2c3c(c1)-n1c4c(cccc4c4oc5ccccc5c41)B3c1cc3c4ccccc4c4ccccc4c3c3c4c5c6ccccc6c6ccccc6c5ccc4n-2c13. The molecule has 14 aromatic rings. The molecule has 2 aliphatic rings. The Morgan fingerprint density at radius 3 is 1.53 bits per heavy atom. The summed E-state index contributed by atoms with van der Waals surface area (Å²) in [4.78, 5) is 0. The van der Waals surface area contributed by atoms with Crippen LogP contribution in [-0.2, 0) is 0 Å². The van der Waals surface area contributed by atoms with Crippen LogP contribution in [0, 0.1) is 0 Å². The van der Waals surface area contributed by atoms with Crippen LogP contribution >= 0.6 is 0 Å². The highest BCUT2D eigenvalue weighted by Gasteiger charge is 2.42. The molecule has 4 heteroatoms. The Morgan fingerprint density at radius 1 is 0.333 bits per heavy atom. The molecule has 0 saturated carbocycles. The number of furan rings is 1. The fourth-order valence-electron chi connectivity index (χ4n) is 12.3. The number of benzene rings is 11. The van der Waals surface area contributed by atoms with E-state index < -0.39 is 0 Å². The van der Waals surface area contributed by atoms with Gasteiger partial charge in [0.1, 0.15) is 11.1 Å². The zero-order valence-corrected chi connectivity index (χ0v) is 32.1. The molecule has 0 aliphatic carbocycles. The summed E-state index contributed by atoms with van der Waals surface area (Å²) in [5, 5.41) is 20.6. The van der Waals surface area contributed by atoms with Crippen molar-refractivity contribution in [1.82, 2.24) is 9.13 Å². The van der Waals surface area contributed by atoms with Crippen molar-refractivity contribution in [3.05, 3.63) is 176 Å². The van der Waals surface area contributed by atoms with E-state index in [0.717, 1.165) is 22.1 Å². The Hall–Kier alpha value is -7.82. The Kier molecular flexibility index (Phi) is 5.17. The molecule has 2 aliphatic heterocycles. The lowest BCUT2D eigenvalue weighted by molar-refractivity contribution is 0.673. The Balaban J connectivity index is 1.22. The normalized spacial score (nSPS) is 13.3. The van der Waals surface area contributed by atoms with E-state index in [1.165, 1.54) is 125 Å². The van der Waals surface area contributed by atoms with Gasteiger partial charge in [-0.2, -0.15) is 0 Å². The number of rotatable bonds is 0. The quantitative estimate of drug-likeness (QED) is 0.112. The van der Waals surface area contributed by atoms with Crippen LogP contribution in [0.3, 0.4) is 0 Å². The van der Waals surface area contributed by atoms with Gasteiger partial charge in [-0.05, 0) is 107 Å². The molecule has 0 atom stereocenters. The number of fused-ring (bicyclic) bond motifs is 26. The van der Waals surface area contributed by atoms with Gasteiger partial charge in [-0.15, -0.1) is 0 Å². The summed E-state index contributed by atoms with van der Waals surface area (Å²) in [6.07, 6.45) is 0. The third-order valence-corrected chi connectivity index (χ3v) is 14.4. The number of para-hydroxylation sites is 2. The molecule has 11 aromatic carbocycles. The van der Waals surface area contributed by atoms with Crippen LogP contribution in [0.1, 0.15) is 0 Å². The summed E-state index contributed by atoms with van der Waals surface area (Å²) in [7, 11) is 0. The Labute approximate surface area is 341 Å². The van der Waals surface area contributed by atoms with E-state index in [9.17, 15) is 0 Å². The first-order valence-electron chi connectivity index (χ1n) is 21.0. The highest BCUT2D eigenvalue weighted by atomic mass is 16.3. The molecule has 0 bridgehead atoms. The maximum atomic E-state index is 6.75. The summed E-state index contributed by atoms with van der Waals surface area (Å²) in [6, 6.07) is 66.0. The number of hydrogen-bond donors (Lipinski definition) is 0. The predicted molar refractivity (Wildman–Crippen MR) is 255 cm³/mol. The molecule has 0 radical (unpaired) electrons. The van der Waals surface area contributed by atoms with E-state index >= 15 is 0 Å². The van der Waals surface area contributed by atoms with E-state index in [1.54, 1.807) is 0 Å². The van der Waals surface area contributed by atoms with E-state index in [-0.39, 0.29) is 6.71 Å². The monoisotopic (exact) mass is 756 g/mol. The van der Waals surface area contributed by atoms with Crippen molar-refractivity contribution in [2.75, 3.05) is 0 Å². The van der Waals surface area contributed by atoms with E-state index in [4.69, 9.17) is 4.42 Å². The first-order chi connectivity index (χ1) is 29.8. The predicted octanol–water partition coefficient (Wildman–Crippen LogP) is 12.7. The first kappa shape index (κ1) is 30.3. The van der Waals surface area contributed by atoms with Crippen molar-refractivity contribution < 1.29 is 4.42 Å². The topological polar surface area (TPSA) is 23.0 Å². The first-order valence-corrected chi connectivity index (χ1v) is 21.0. The standard InChI is InChI=1S/C56H29BN2O/c1-3-17-34-30(13-1)32-15-5-7-19-36(32)48-38(34)27-28-44-50(48)51-49-37-20-8-6-16-33(37)31-14-2-4-18-35(31)41(49)29-43-55(51)58(44)45-24-12-25-46-52(45)57(43)42-23-11-22-40-53(42)59(46)54-39-21-9-10-26-47(39)60-56(40)54/h1-29H. The van der Waals surface area contributed by atoms with Crippen molar-refractivity contribution in [3.63, 3.8) is 0 Å². The molecule has 3 aromatic heterocycles. The molecule has 272 valence electrons. The van der Waals surface area contributed by atoms with Crippen molar-refractivity contribution in [1.29, 1.82) is 0 Å². The van der Waals surface area contributed by atoms with Gasteiger partial charge in [0.25, 0.3) is 6.71 Å². The molecule has 0 amide bonds. The third kappa shape index (κ3) is 3.29. The van der Waals surface area contributed by atoms with E-state index in [2.05, 4.69) is 185 Å². The molecular weight excluding hydrogens is 727 g/mol. The molecule has 16 rings (SSSR count). The molecule has 0 saturated heterocycles. The highest BCUT2D eigenvalue weighted by Crippen LogP contribution is 2.49. The lowest BCUT2D eigenvalue weighted by Crippen LogP contribution is -2.59. The Morgan fingerprint density at radius 2 is 0.850 bits per heavy atom. The molecular formula is C56H29BN2O. The van der Waals surface area contributed by atoms with Gasteiger partial charge in [0, 0.05) is 43.7 Å². The zero-order valence-electron chi connectivity index (χ0n) is 32.1. The number of nitrogens with zero attached hydrogens (tertiary/aromatic N) is 2. The second-order valence-corrected chi connectivity index (χ2v) is 17.0. The second kappa shape index (κ2) is 10.2. The van der Waals surface area contributed by atoms with Gasteiger partial charge >= 0.3 is 0 Å². The van der Waals surface area contributed by atoms with Crippen LogP contribution in [0.4, 0.5) is 0 Å². The molecule has 0 fully saturated rings. The van der Waals surface area contributed by atoms with Crippen LogP contribution in [0.2, 0.25) is 0 Å². The molecule has 60 heavy (non-hydrogen) atoms. The number of aromatic nitrogens is 2. The van der Waals surface area contributed by atoms with Crippen molar-refractivity contribution in [2.24, 2.45) is 0 Å². The van der Waals surface area contributed by atoms with Gasteiger partial charge in [0.05, 0.1) is 16.6 Å². The third-order valence-electron chi connectivity index (χ3n) is 14.4. The fourth-order valence-corrected chi connectivity index (χ4v) is 12.3. The fraction of sp³-hybridized carbons (Fsp3) is 0. The summed E-state index contributed by atoms with van der Waals surface area (Å²) in [5.41, 5.74) is 13.3. The maximum Gasteiger partial charge on any atom is 0.252 e. The minimum Gasteiger partial charge on any atom is -0.454 e. The molecule has 0 unspecified atom stereocenters. The Bertz CT molecular complexity index is 4340. The lowest BCUT2D eigenvalue weighted by atomic mass is 9.34. The minimum atomic E-state index is 0.00968.